The molecule has 138 valence electrons. The maximum absolute atomic E-state index is 12.4. The summed E-state index contributed by atoms with van der Waals surface area (Å²) in [5, 5.41) is 0. The van der Waals surface area contributed by atoms with Crippen molar-refractivity contribution in [2.24, 2.45) is 0 Å². The van der Waals surface area contributed by atoms with Crippen molar-refractivity contribution < 1.29 is 9.53 Å². The summed E-state index contributed by atoms with van der Waals surface area (Å²) in [7, 11) is 1.66. The Kier molecular flexibility index (Phi) is 6.91. The Morgan fingerprint density at radius 3 is 2.54 bits per heavy atom. The second kappa shape index (κ2) is 9.59. The SMILES string of the molecule is COc1ccc(SCCC(=O)N2CCN(Cc3ccccn3)CC2)cc1. The Morgan fingerprint density at radius 1 is 1.12 bits per heavy atom. The highest BCUT2D eigenvalue weighted by molar-refractivity contribution is 7.99. The van der Waals surface area contributed by atoms with Crippen molar-refractivity contribution in [3.63, 3.8) is 0 Å². The van der Waals surface area contributed by atoms with Gasteiger partial charge in [-0.25, -0.2) is 0 Å². The number of carbonyl (C=O) groups is 1. The van der Waals surface area contributed by atoms with Crippen molar-refractivity contribution in [1.29, 1.82) is 0 Å². The third-order valence-electron chi connectivity index (χ3n) is 4.48. The van der Waals surface area contributed by atoms with E-state index in [0.29, 0.717) is 6.42 Å². The van der Waals surface area contributed by atoms with E-state index in [9.17, 15) is 4.79 Å². The van der Waals surface area contributed by atoms with Crippen LogP contribution in [-0.4, -0.2) is 59.7 Å². The lowest BCUT2D eigenvalue weighted by atomic mass is 10.2. The first kappa shape index (κ1) is 18.7. The summed E-state index contributed by atoms with van der Waals surface area (Å²) in [5.74, 6) is 1.91. The third kappa shape index (κ3) is 5.47. The zero-order valence-corrected chi connectivity index (χ0v) is 16.0. The number of methoxy groups -OCH3 is 1. The molecule has 6 heteroatoms. The number of benzene rings is 1. The van der Waals surface area contributed by atoms with E-state index in [1.54, 1.807) is 18.9 Å². The second-order valence-corrected chi connectivity index (χ2v) is 7.42. The van der Waals surface area contributed by atoms with Crippen LogP contribution in [0.3, 0.4) is 0 Å². The number of pyridine rings is 1. The van der Waals surface area contributed by atoms with Gasteiger partial charge in [-0.2, -0.15) is 0 Å². The monoisotopic (exact) mass is 371 g/mol. The summed E-state index contributed by atoms with van der Waals surface area (Å²) in [5.41, 5.74) is 1.09. The van der Waals surface area contributed by atoms with Crippen LogP contribution in [0, 0.1) is 0 Å². The molecule has 1 amide bonds. The van der Waals surface area contributed by atoms with Gasteiger partial charge in [0.05, 0.1) is 12.8 Å². The summed E-state index contributed by atoms with van der Waals surface area (Å²) < 4.78 is 5.16. The third-order valence-corrected chi connectivity index (χ3v) is 5.49. The van der Waals surface area contributed by atoms with Crippen molar-refractivity contribution in [1.82, 2.24) is 14.8 Å². The van der Waals surface area contributed by atoms with Gasteiger partial charge in [-0.15, -0.1) is 11.8 Å². The minimum atomic E-state index is 0.253. The van der Waals surface area contributed by atoms with Crippen LogP contribution in [0.1, 0.15) is 12.1 Å². The fourth-order valence-electron chi connectivity index (χ4n) is 2.96. The molecule has 0 spiro atoms. The first-order chi connectivity index (χ1) is 12.7. The van der Waals surface area contributed by atoms with E-state index in [1.165, 1.54) is 4.90 Å². The number of amides is 1. The Hall–Kier alpha value is -2.05. The largest absolute Gasteiger partial charge is 0.497 e. The molecule has 0 bridgehead atoms. The molecule has 1 fully saturated rings. The Bertz CT molecular complexity index is 686. The number of hydrogen-bond donors (Lipinski definition) is 0. The fraction of sp³-hybridized carbons (Fsp3) is 0.400. The van der Waals surface area contributed by atoms with Crippen molar-refractivity contribution in [2.45, 2.75) is 17.9 Å². The molecule has 1 aromatic heterocycles. The van der Waals surface area contributed by atoms with Crippen LogP contribution in [0.2, 0.25) is 0 Å². The van der Waals surface area contributed by atoms with Crippen LogP contribution in [0.5, 0.6) is 5.75 Å². The molecule has 5 nitrogen and oxygen atoms in total. The second-order valence-electron chi connectivity index (χ2n) is 6.25. The van der Waals surface area contributed by atoms with E-state index in [2.05, 4.69) is 9.88 Å². The number of aromatic nitrogens is 1. The summed E-state index contributed by atoms with van der Waals surface area (Å²) in [4.78, 5) is 22.3. The van der Waals surface area contributed by atoms with E-state index in [4.69, 9.17) is 4.74 Å². The van der Waals surface area contributed by atoms with Gasteiger partial charge in [-0.1, -0.05) is 6.07 Å². The Labute approximate surface area is 159 Å². The highest BCUT2D eigenvalue weighted by Crippen LogP contribution is 2.22. The number of rotatable bonds is 7. The topological polar surface area (TPSA) is 45.7 Å². The molecule has 1 saturated heterocycles. The maximum atomic E-state index is 12.4. The predicted octanol–water partition coefficient (Wildman–Crippen LogP) is 2.92. The number of piperazine rings is 1. The Morgan fingerprint density at radius 2 is 1.88 bits per heavy atom. The fourth-order valence-corrected chi connectivity index (χ4v) is 3.80. The minimum Gasteiger partial charge on any atom is -0.497 e. The number of hydrogen-bond acceptors (Lipinski definition) is 5. The van der Waals surface area contributed by atoms with E-state index in [1.807, 2.05) is 53.6 Å². The lowest BCUT2D eigenvalue weighted by molar-refractivity contribution is -0.132. The first-order valence-corrected chi connectivity index (χ1v) is 9.90. The van der Waals surface area contributed by atoms with Crippen LogP contribution < -0.4 is 4.74 Å². The number of nitrogens with zero attached hydrogens (tertiary/aromatic N) is 3. The Balaban J connectivity index is 1.36. The maximum Gasteiger partial charge on any atom is 0.223 e. The molecule has 1 aliphatic heterocycles. The van der Waals surface area contributed by atoms with Crippen LogP contribution >= 0.6 is 11.8 Å². The van der Waals surface area contributed by atoms with E-state index in [-0.39, 0.29) is 5.91 Å². The lowest BCUT2D eigenvalue weighted by Gasteiger charge is -2.34. The van der Waals surface area contributed by atoms with E-state index in [0.717, 1.165) is 49.9 Å². The van der Waals surface area contributed by atoms with E-state index >= 15 is 0 Å². The number of ether oxygens (including phenoxy) is 1. The molecule has 1 aliphatic rings. The van der Waals surface area contributed by atoms with Gasteiger partial charge in [0.25, 0.3) is 0 Å². The summed E-state index contributed by atoms with van der Waals surface area (Å²) >= 11 is 1.71. The molecule has 0 radical (unpaired) electrons. The van der Waals surface area contributed by atoms with Gasteiger partial charge >= 0.3 is 0 Å². The molecule has 0 atom stereocenters. The molecule has 26 heavy (non-hydrogen) atoms. The normalized spacial score (nSPS) is 15.0. The van der Waals surface area contributed by atoms with Crippen molar-refractivity contribution >= 4 is 17.7 Å². The van der Waals surface area contributed by atoms with Crippen LogP contribution in [0.25, 0.3) is 0 Å². The average molecular weight is 372 g/mol. The minimum absolute atomic E-state index is 0.253. The molecule has 2 aromatic rings. The van der Waals surface area contributed by atoms with Crippen LogP contribution in [0.15, 0.2) is 53.6 Å². The smallest absolute Gasteiger partial charge is 0.223 e. The predicted molar refractivity (Wildman–Crippen MR) is 104 cm³/mol. The molecule has 0 saturated carbocycles. The first-order valence-electron chi connectivity index (χ1n) is 8.91. The lowest BCUT2D eigenvalue weighted by Crippen LogP contribution is -2.48. The van der Waals surface area contributed by atoms with Gasteiger partial charge < -0.3 is 9.64 Å². The van der Waals surface area contributed by atoms with Gasteiger partial charge in [0.15, 0.2) is 0 Å². The molecule has 0 N–H and O–H groups in total. The van der Waals surface area contributed by atoms with Crippen LogP contribution in [-0.2, 0) is 11.3 Å². The molecular formula is C20H25N3O2S. The quantitative estimate of drug-likeness (QED) is 0.701. The number of carbonyl (C=O) groups excluding carboxylic acids is 1. The standard InChI is InChI=1S/C20H25N3O2S/c1-25-18-5-7-19(8-6-18)26-15-9-20(24)23-13-11-22(12-14-23)16-17-4-2-3-10-21-17/h2-8,10H,9,11-16H2,1H3. The van der Waals surface area contributed by atoms with Gasteiger partial charge in [0.1, 0.15) is 5.75 Å². The molecule has 2 heterocycles. The van der Waals surface area contributed by atoms with E-state index < -0.39 is 0 Å². The van der Waals surface area contributed by atoms with Gasteiger partial charge in [-0.05, 0) is 36.4 Å². The molecular weight excluding hydrogens is 346 g/mol. The molecule has 0 aliphatic carbocycles. The molecule has 0 unspecified atom stereocenters. The number of thioether (sulfide) groups is 1. The summed E-state index contributed by atoms with van der Waals surface area (Å²) in [6.45, 7) is 4.29. The summed E-state index contributed by atoms with van der Waals surface area (Å²) in [6, 6.07) is 14.0. The van der Waals surface area contributed by atoms with Crippen LogP contribution in [0.4, 0.5) is 0 Å². The van der Waals surface area contributed by atoms with Crippen molar-refractivity contribution in [2.75, 3.05) is 39.0 Å². The van der Waals surface area contributed by atoms with Gasteiger partial charge in [0.2, 0.25) is 5.91 Å². The highest BCUT2D eigenvalue weighted by Gasteiger charge is 2.20. The zero-order valence-electron chi connectivity index (χ0n) is 15.1. The average Bonchev–Trinajstić information content (AvgIpc) is 2.70. The molecule has 1 aromatic carbocycles. The zero-order chi connectivity index (χ0) is 18.2. The summed E-state index contributed by atoms with van der Waals surface area (Å²) in [6.07, 6.45) is 2.41. The van der Waals surface area contributed by atoms with Gasteiger partial charge in [0, 0.05) is 56.0 Å². The van der Waals surface area contributed by atoms with Crippen molar-refractivity contribution in [3.8, 4) is 5.75 Å². The highest BCUT2D eigenvalue weighted by atomic mass is 32.2. The molecule has 3 rings (SSSR count). The van der Waals surface area contributed by atoms with Crippen molar-refractivity contribution in [3.05, 3.63) is 54.4 Å². The van der Waals surface area contributed by atoms with Gasteiger partial charge in [-0.3, -0.25) is 14.7 Å².